The summed E-state index contributed by atoms with van der Waals surface area (Å²) in [5.41, 5.74) is 12.6. The molecular weight excluding hydrogens is 973 g/mol. The molecule has 408 valence electrons. The molecule has 2 aromatic carbocycles. The number of carbonyl (C=O) groups is 9. The van der Waals surface area contributed by atoms with Crippen LogP contribution >= 0.6 is 0 Å². The highest BCUT2D eigenvalue weighted by Crippen LogP contribution is 2.19. The van der Waals surface area contributed by atoms with Crippen molar-refractivity contribution in [2.24, 2.45) is 34.2 Å². The van der Waals surface area contributed by atoms with E-state index in [1.165, 1.54) is 58.2 Å². The van der Waals surface area contributed by atoms with E-state index in [1.807, 2.05) is 43.3 Å². The summed E-state index contributed by atoms with van der Waals surface area (Å²) in [5, 5.41) is 45.6. The first-order chi connectivity index (χ1) is 35.3. The number of carboxylic acids is 2. The maximum atomic E-state index is 14.6. The molecule has 0 spiro atoms. The number of phenols is 1. The molecule has 0 aliphatic carbocycles. The highest BCUT2D eigenvalue weighted by atomic mass is 16.5. The molecule has 0 saturated carbocycles. The van der Waals surface area contributed by atoms with Gasteiger partial charge in [0.25, 0.3) is 5.91 Å². The van der Waals surface area contributed by atoms with Crippen LogP contribution in [0.4, 0.5) is 0 Å². The number of guanidine groups is 1. The molecule has 0 aromatic heterocycles. The first-order valence-corrected chi connectivity index (χ1v) is 24.3. The molecule has 23 nitrogen and oxygen atoms in total. The number of ether oxygens (including phenoxy) is 1. The van der Waals surface area contributed by atoms with Crippen LogP contribution in [-0.2, 0) is 60.7 Å². The number of hydrogen-bond acceptors (Lipinski definition) is 12. The minimum absolute atomic E-state index is 0.00746. The van der Waals surface area contributed by atoms with Gasteiger partial charge in [-0.1, -0.05) is 93.6 Å². The Morgan fingerprint density at radius 1 is 0.813 bits per heavy atom. The molecule has 2 aromatic rings. The molecule has 23 heteroatoms. The largest absolute Gasteiger partial charge is 0.508 e. The third kappa shape index (κ3) is 19.7. The first-order valence-electron chi connectivity index (χ1n) is 24.3. The van der Waals surface area contributed by atoms with Gasteiger partial charge in [0.05, 0.1) is 24.0 Å². The molecule has 0 bridgehead atoms. The van der Waals surface area contributed by atoms with Crippen molar-refractivity contribution in [3.63, 3.8) is 0 Å². The van der Waals surface area contributed by atoms with Gasteiger partial charge in [0.2, 0.25) is 35.4 Å². The number of nitrogens with one attached hydrogen (secondary N) is 6. The monoisotopic (exact) mass is 1040 g/mol. The Kier molecular flexibility index (Phi) is 24.1. The summed E-state index contributed by atoms with van der Waals surface area (Å²) >= 11 is 0. The maximum Gasteiger partial charge on any atom is 0.327 e. The fourth-order valence-corrected chi connectivity index (χ4v) is 7.83. The first kappa shape index (κ1) is 61.2. The highest BCUT2D eigenvalue weighted by Gasteiger charge is 2.37. The number of amides is 7. The van der Waals surface area contributed by atoms with Crippen molar-refractivity contribution < 1.29 is 63.2 Å². The summed E-state index contributed by atoms with van der Waals surface area (Å²) in [6, 6.07) is 6.19. The molecule has 1 saturated heterocycles. The number of carboxylic acid groups (broad SMARTS) is 2. The van der Waals surface area contributed by atoms with Gasteiger partial charge in [0.1, 0.15) is 41.7 Å². The molecule has 3 rings (SSSR count). The third-order valence-electron chi connectivity index (χ3n) is 12.6. The molecule has 13 N–H and O–H groups in total. The summed E-state index contributed by atoms with van der Waals surface area (Å²) in [4.78, 5) is 127. The molecule has 0 radical (unpaired) electrons. The van der Waals surface area contributed by atoms with E-state index < -0.39 is 120 Å². The zero-order valence-electron chi connectivity index (χ0n) is 43.3. The van der Waals surface area contributed by atoms with Crippen LogP contribution < -0.4 is 43.4 Å². The van der Waals surface area contributed by atoms with Crippen molar-refractivity contribution in [2.75, 3.05) is 20.7 Å². The zero-order chi connectivity index (χ0) is 56.1. The van der Waals surface area contributed by atoms with E-state index in [0.29, 0.717) is 17.6 Å². The Morgan fingerprint density at radius 2 is 1.43 bits per heavy atom. The smallest absolute Gasteiger partial charge is 0.327 e. The number of likely N-dealkylation sites (N-methyl/N-ethyl adjacent to an activating group) is 1. The standard InChI is InChI=1S/C52H72N10O13/c1-28(25-29(2)41(75-8)27-34-13-10-9-11-14-34)16-21-37-30(3)44(65)59-39(50(71)72)22-23-42(64)62(7)33(6)47(68)56-32(5)46(67)58-38(15-12-24-55-52(53)54)48(69)61-43(51(73)74)31(4)45(66)60-40(49(70)57-37)26-35-17-19-36(63)20-18-35/h9-11,13-14,16-21,25,29-32,37-41,43,63H,6,12,15,22-24,26-27H2,1-5,7-8H3,(H,56,68)(H,57,70)(H,58,67)(H,59,65)(H,60,66)(H,61,69)(H,71,72)(H,73,74)(H4,53,54,55)/b21-16+,28-25+/t29-,30-,31-,32+,37-,38-,39+,40-,41-,43+/m0/s1. The van der Waals surface area contributed by atoms with Crippen molar-refractivity contribution in [2.45, 2.75) is 115 Å². The minimum atomic E-state index is -1.96. The average molecular weight is 1050 g/mol. The fourth-order valence-electron chi connectivity index (χ4n) is 7.83. The number of aliphatic carboxylic acids is 2. The summed E-state index contributed by atoms with van der Waals surface area (Å²) in [5.74, 6) is -13.0. The van der Waals surface area contributed by atoms with E-state index in [9.17, 15) is 58.5 Å². The fraction of sp³-hybridized carbons (Fsp3) is 0.462. The van der Waals surface area contributed by atoms with E-state index in [-0.39, 0.29) is 49.5 Å². The number of carbonyl (C=O) groups excluding carboxylic acids is 7. The van der Waals surface area contributed by atoms with Crippen molar-refractivity contribution in [3.8, 4) is 5.75 Å². The number of aromatic hydroxyl groups is 1. The Hall–Kier alpha value is -8.08. The lowest BCUT2D eigenvalue weighted by atomic mass is 9.94. The van der Waals surface area contributed by atoms with E-state index in [0.717, 1.165) is 10.5 Å². The van der Waals surface area contributed by atoms with E-state index in [4.69, 9.17) is 16.2 Å². The molecule has 1 heterocycles. The van der Waals surface area contributed by atoms with Gasteiger partial charge in [-0.3, -0.25) is 38.6 Å². The van der Waals surface area contributed by atoms with Gasteiger partial charge in [-0.15, -0.1) is 0 Å². The SMILES string of the molecule is C=C1C(=O)N[C@H](C)C(=O)N[C@@H](CCCN=C(N)N)C(=O)N[C@@H](C(=O)O)[C@H](C)C(=O)N[C@@H](Cc2ccc(O)cc2)C(=O)N[C@@H](/C=C/C(C)=C/[C@H](C)[C@H](Cc2ccccc2)OC)[C@H](C)C(=O)N[C@@H](C(=O)O)CCC(=O)N1C. The number of methoxy groups -OCH3 is 1. The second-order valence-corrected chi connectivity index (χ2v) is 18.5. The van der Waals surface area contributed by atoms with E-state index >= 15 is 0 Å². The summed E-state index contributed by atoms with van der Waals surface area (Å²) < 4.78 is 5.82. The Labute approximate surface area is 436 Å². The quantitative estimate of drug-likeness (QED) is 0.0381. The molecule has 10 atom stereocenters. The number of allylic oxidation sites excluding steroid dienone is 2. The van der Waals surface area contributed by atoms with Crippen LogP contribution in [0.2, 0.25) is 0 Å². The van der Waals surface area contributed by atoms with E-state index in [1.54, 1.807) is 20.1 Å². The lowest BCUT2D eigenvalue weighted by Gasteiger charge is -2.28. The molecule has 1 aliphatic heterocycles. The van der Waals surface area contributed by atoms with Crippen molar-refractivity contribution in [3.05, 3.63) is 102 Å². The van der Waals surface area contributed by atoms with Crippen LogP contribution in [0.15, 0.2) is 95.7 Å². The van der Waals surface area contributed by atoms with Crippen LogP contribution in [0.25, 0.3) is 0 Å². The Balaban J connectivity index is 2.16. The lowest BCUT2D eigenvalue weighted by Crippen LogP contribution is -2.59. The topological polar surface area (TPSA) is 363 Å². The number of aliphatic imine (C=N–C) groups is 1. The van der Waals surface area contributed by atoms with Crippen LogP contribution in [-0.4, -0.2) is 143 Å². The summed E-state index contributed by atoms with van der Waals surface area (Å²) in [6.45, 7) is 11.3. The van der Waals surface area contributed by atoms with Gasteiger partial charge < -0.3 is 68.3 Å². The van der Waals surface area contributed by atoms with Gasteiger partial charge in [-0.2, -0.15) is 0 Å². The highest BCUT2D eigenvalue weighted by molar-refractivity contribution is 6.00. The van der Waals surface area contributed by atoms with Crippen LogP contribution in [0.3, 0.4) is 0 Å². The van der Waals surface area contributed by atoms with Crippen LogP contribution in [0.1, 0.15) is 71.4 Å². The second-order valence-electron chi connectivity index (χ2n) is 18.5. The molecule has 0 unspecified atom stereocenters. The number of nitrogens with two attached hydrogens (primary N) is 2. The molecule has 1 aliphatic rings. The second kappa shape index (κ2) is 29.6. The molecular formula is C52H72N10O13. The third-order valence-corrected chi connectivity index (χ3v) is 12.6. The molecule has 75 heavy (non-hydrogen) atoms. The van der Waals surface area contributed by atoms with Crippen molar-refractivity contribution in [1.29, 1.82) is 0 Å². The van der Waals surface area contributed by atoms with Gasteiger partial charge >= 0.3 is 11.9 Å². The van der Waals surface area contributed by atoms with Gasteiger partial charge in [-0.25, -0.2) is 9.59 Å². The number of benzene rings is 2. The normalized spacial score (nSPS) is 24.5. The van der Waals surface area contributed by atoms with E-state index in [2.05, 4.69) is 43.5 Å². The Morgan fingerprint density at radius 3 is 2.03 bits per heavy atom. The molecule has 1 fully saturated rings. The maximum absolute atomic E-state index is 14.6. The van der Waals surface area contributed by atoms with Crippen LogP contribution in [0.5, 0.6) is 5.75 Å². The lowest BCUT2D eigenvalue weighted by molar-refractivity contribution is -0.146. The van der Waals surface area contributed by atoms with Gasteiger partial charge in [0.15, 0.2) is 5.96 Å². The summed E-state index contributed by atoms with van der Waals surface area (Å²) in [6.07, 6.45) is 4.18. The zero-order valence-corrected chi connectivity index (χ0v) is 43.3. The van der Waals surface area contributed by atoms with Gasteiger partial charge in [-0.05, 0) is 62.8 Å². The summed E-state index contributed by atoms with van der Waals surface area (Å²) in [7, 11) is 2.80. The number of rotatable bonds is 15. The predicted molar refractivity (Wildman–Crippen MR) is 277 cm³/mol. The van der Waals surface area contributed by atoms with Crippen molar-refractivity contribution in [1.82, 2.24) is 36.8 Å². The number of nitrogens with zero attached hydrogens (tertiary/aromatic N) is 2. The minimum Gasteiger partial charge on any atom is -0.508 e. The van der Waals surface area contributed by atoms with Crippen LogP contribution in [0, 0.1) is 17.8 Å². The number of hydrogen-bond donors (Lipinski definition) is 11. The molecule has 7 amide bonds. The van der Waals surface area contributed by atoms with Crippen molar-refractivity contribution >= 4 is 59.2 Å². The van der Waals surface area contributed by atoms with Gasteiger partial charge in [0, 0.05) is 39.5 Å². The number of phenolic OH excluding ortho intramolecular Hbond substituents is 1. The average Bonchev–Trinajstić information content (AvgIpc) is 3.36. The Bertz CT molecular complexity index is 2460. The predicted octanol–water partition coefficient (Wildman–Crippen LogP) is 0.521.